The molecule has 0 radical (unpaired) electrons. The monoisotopic (exact) mass is 390 g/mol. The molecule has 138 valence electrons. The highest BCUT2D eigenvalue weighted by molar-refractivity contribution is 8.07. The highest BCUT2D eigenvalue weighted by Gasteiger charge is 2.45. The van der Waals surface area contributed by atoms with Crippen molar-refractivity contribution in [3.05, 3.63) is 0 Å². The summed E-state index contributed by atoms with van der Waals surface area (Å²) >= 11 is 5.07. The van der Waals surface area contributed by atoms with Crippen LogP contribution < -0.4 is 0 Å². The van der Waals surface area contributed by atoms with Crippen molar-refractivity contribution in [3.8, 4) is 0 Å². The van der Waals surface area contributed by atoms with E-state index in [9.17, 15) is 14.4 Å². The van der Waals surface area contributed by atoms with Crippen LogP contribution in [0.15, 0.2) is 0 Å². The average molecular weight is 390 g/mol. The highest BCUT2D eigenvalue weighted by Crippen LogP contribution is 2.52. The summed E-state index contributed by atoms with van der Waals surface area (Å²) in [5.74, 6) is 0.125. The molecule has 0 amide bonds. The molecule has 6 atom stereocenters. The minimum absolute atomic E-state index is 0.0243. The maximum absolute atomic E-state index is 11.7. The molecule has 1 rings (SSSR count). The number of hydrogen-bond acceptors (Lipinski definition) is 6. The third kappa shape index (κ3) is 6.81. The Morgan fingerprint density at radius 3 is 2.35 bits per heavy atom. The van der Waals surface area contributed by atoms with Crippen LogP contribution in [0.2, 0.25) is 0 Å². The van der Waals surface area contributed by atoms with Gasteiger partial charge < -0.3 is 28.1 Å². The molecule has 0 spiro atoms. The summed E-state index contributed by atoms with van der Waals surface area (Å²) in [7, 11) is -0.785. The number of ether oxygens (including phenoxy) is 1. The SMILES string of the molecule is CO[C@@H]1[C@H](OP(O)(=S)OC(C)C)[C@@H](CCP(=O)(O)OC)C[C@H]1C. The van der Waals surface area contributed by atoms with Crippen LogP contribution in [0, 0.1) is 11.8 Å². The second kappa shape index (κ2) is 8.84. The summed E-state index contributed by atoms with van der Waals surface area (Å²) in [4.78, 5) is 19.8. The van der Waals surface area contributed by atoms with Gasteiger partial charge in [0.1, 0.15) is 0 Å². The molecule has 1 fully saturated rings. The van der Waals surface area contributed by atoms with E-state index in [1.165, 1.54) is 7.11 Å². The Hall–Kier alpha value is 0.640. The van der Waals surface area contributed by atoms with E-state index in [4.69, 9.17) is 25.6 Å². The quantitative estimate of drug-likeness (QED) is 0.581. The van der Waals surface area contributed by atoms with Gasteiger partial charge in [-0.2, -0.15) is 0 Å². The molecule has 1 aliphatic carbocycles. The van der Waals surface area contributed by atoms with Gasteiger partial charge in [0.2, 0.25) is 0 Å². The van der Waals surface area contributed by atoms with Crippen LogP contribution in [0.3, 0.4) is 0 Å². The van der Waals surface area contributed by atoms with Crippen molar-refractivity contribution in [1.29, 1.82) is 0 Å². The zero-order valence-corrected chi connectivity index (χ0v) is 16.9. The standard InChI is InChI=1S/C13H28O7P2S/c1-9(2)19-22(16,23)20-13-11(6-7-21(14,15)18-5)8-10(3)12(13)17-4/h9-13H,6-8H2,1-5H3,(H,14,15)(H,16,23)/t10-,11+,12+,13-,22?/m1/s1. The van der Waals surface area contributed by atoms with Gasteiger partial charge in [0, 0.05) is 14.2 Å². The van der Waals surface area contributed by atoms with E-state index in [-0.39, 0.29) is 30.2 Å². The van der Waals surface area contributed by atoms with Crippen molar-refractivity contribution >= 4 is 26.1 Å². The molecule has 0 aliphatic heterocycles. The molecule has 0 bridgehead atoms. The fourth-order valence-electron chi connectivity index (χ4n) is 3.00. The van der Waals surface area contributed by atoms with E-state index >= 15 is 0 Å². The topological polar surface area (TPSA) is 94.5 Å². The average Bonchev–Trinajstić information content (AvgIpc) is 2.70. The van der Waals surface area contributed by atoms with Crippen LogP contribution in [-0.4, -0.2) is 48.5 Å². The van der Waals surface area contributed by atoms with Gasteiger partial charge in [-0.1, -0.05) is 6.92 Å². The predicted molar refractivity (Wildman–Crippen MR) is 92.0 cm³/mol. The third-order valence-corrected chi connectivity index (χ3v) is 7.07. The largest absolute Gasteiger partial charge is 0.378 e. The maximum Gasteiger partial charge on any atom is 0.327 e. The molecule has 0 heterocycles. The van der Waals surface area contributed by atoms with Crippen LogP contribution in [0.1, 0.15) is 33.6 Å². The Bertz CT molecular complexity index is 473. The van der Waals surface area contributed by atoms with E-state index in [1.54, 1.807) is 21.0 Å². The van der Waals surface area contributed by atoms with Crippen molar-refractivity contribution in [2.75, 3.05) is 20.4 Å². The first-order valence-electron chi connectivity index (χ1n) is 7.61. The Labute approximate surface area is 143 Å². The van der Waals surface area contributed by atoms with Crippen LogP contribution >= 0.6 is 14.3 Å². The molecule has 2 unspecified atom stereocenters. The maximum atomic E-state index is 11.7. The van der Waals surface area contributed by atoms with E-state index < -0.39 is 20.4 Å². The molecule has 2 N–H and O–H groups in total. The highest BCUT2D eigenvalue weighted by atomic mass is 32.5. The fourth-order valence-corrected chi connectivity index (χ4v) is 5.84. The van der Waals surface area contributed by atoms with E-state index in [2.05, 4.69) is 4.52 Å². The fraction of sp³-hybridized carbons (Fsp3) is 1.00. The minimum Gasteiger partial charge on any atom is -0.378 e. The Kier molecular flexibility index (Phi) is 8.33. The molecular weight excluding hydrogens is 362 g/mol. The second-order valence-electron chi connectivity index (χ2n) is 6.20. The number of hydrogen-bond donors (Lipinski definition) is 2. The number of rotatable bonds is 9. The lowest BCUT2D eigenvalue weighted by molar-refractivity contribution is -0.0202. The summed E-state index contributed by atoms with van der Waals surface area (Å²) in [6, 6.07) is 0. The Morgan fingerprint density at radius 1 is 1.26 bits per heavy atom. The van der Waals surface area contributed by atoms with Gasteiger partial charge in [0.05, 0.1) is 24.5 Å². The van der Waals surface area contributed by atoms with Crippen molar-refractivity contribution < 1.29 is 32.7 Å². The van der Waals surface area contributed by atoms with Crippen molar-refractivity contribution in [2.45, 2.75) is 51.9 Å². The molecule has 0 aromatic carbocycles. The third-order valence-electron chi connectivity index (χ3n) is 3.96. The van der Waals surface area contributed by atoms with Gasteiger partial charge in [0.15, 0.2) is 0 Å². The van der Waals surface area contributed by atoms with E-state index in [0.29, 0.717) is 6.42 Å². The molecule has 7 nitrogen and oxygen atoms in total. The van der Waals surface area contributed by atoms with Crippen LogP contribution in [0.5, 0.6) is 0 Å². The summed E-state index contributed by atoms with van der Waals surface area (Å²) in [6.45, 7) is 2.16. The first-order chi connectivity index (χ1) is 10.5. The van der Waals surface area contributed by atoms with Gasteiger partial charge >= 0.3 is 14.3 Å². The molecule has 1 saturated carbocycles. The molecular formula is C13H28O7P2S. The summed E-state index contributed by atoms with van der Waals surface area (Å²) in [6.07, 6.45) is 0.232. The predicted octanol–water partition coefficient (Wildman–Crippen LogP) is 2.91. The van der Waals surface area contributed by atoms with Crippen molar-refractivity contribution in [3.63, 3.8) is 0 Å². The summed E-state index contributed by atoms with van der Waals surface area (Å²) in [5, 5.41) is 0. The zero-order valence-electron chi connectivity index (χ0n) is 14.2. The lowest BCUT2D eigenvalue weighted by Crippen LogP contribution is -2.32. The van der Waals surface area contributed by atoms with Crippen molar-refractivity contribution in [2.24, 2.45) is 11.8 Å². The smallest absolute Gasteiger partial charge is 0.327 e. The molecule has 10 heteroatoms. The molecule has 0 saturated heterocycles. The zero-order chi connectivity index (χ0) is 17.8. The lowest BCUT2D eigenvalue weighted by Gasteiger charge is -2.29. The van der Waals surface area contributed by atoms with E-state index in [1.807, 2.05) is 6.92 Å². The van der Waals surface area contributed by atoms with E-state index in [0.717, 1.165) is 6.42 Å². The molecule has 0 aromatic rings. The Balaban J connectivity index is 2.83. The summed E-state index contributed by atoms with van der Waals surface area (Å²) in [5.41, 5.74) is 0. The van der Waals surface area contributed by atoms with Gasteiger partial charge in [-0.3, -0.25) is 4.57 Å². The second-order valence-corrected chi connectivity index (χ2v) is 11.0. The number of methoxy groups -OCH3 is 1. The normalized spacial score (nSPS) is 33.6. The minimum atomic E-state index is -3.58. The van der Waals surface area contributed by atoms with Crippen molar-refractivity contribution in [1.82, 2.24) is 0 Å². The van der Waals surface area contributed by atoms with Crippen LogP contribution in [0.4, 0.5) is 0 Å². The van der Waals surface area contributed by atoms with Crippen LogP contribution in [-0.2, 0) is 34.7 Å². The van der Waals surface area contributed by atoms with Gasteiger partial charge in [-0.25, -0.2) is 0 Å². The molecule has 23 heavy (non-hydrogen) atoms. The molecule has 0 aromatic heterocycles. The van der Waals surface area contributed by atoms with Crippen LogP contribution in [0.25, 0.3) is 0 Å². The van der Waals surface area contributed by atoms with Gasteiger partial charge in [0.25, 0.3) is 0 Å². The first-order valence-corrected chi connectivity index (χ1v) is 12.0. The Morgan fingerprint density at radius 2 is 1.87 bits per heavy atom. The molecule has 1 aliphatic rings. The van der Waals surface area contributed by atoms with Gasteiger partial charge in [-0.05, 0) is 50.3 Å². The van der Waals surface area contributed by atoms with Gasteiger partial charge in [-0.15, -0.1) is 0 Å². The lowest BCUT2D eigenvalue weighted by atomic mass is 10.0. The first kappa shape index (κ1) is 21.7. The summed E-state index contributed by atoms with van der Waals surface area (Å²) < 4.78 is 32.8.